The van der Waals surface area contributed by atoms with E-state index in [1.165, 1.54) is 118 Å². The Morgan fingerprint density at radius 3 is 1.62 bits per heavy atom. The smallest absolute Gasteiger partial charge is 0.0542 e. The zero-order valence-electron chi connectivity index (χ0n) is 29.1. The monoisotopic (exact) mass is 620 g/mol. The first-order valence-corrected chi connectivity index (χ1v) is 18.2. The molecule has 5 aromatic carbocycles. The van der Waals surface area contributed by atoms with Gasteiger partial charge in [-0.25, -0.2) is 0 Å². The van der Waals surface area contributed by atoms with Crippen molar-refractivity contribution < 1.29 is 0 Å². The lowest BCUT2D eigenvalue weighted by atomic mass is 10.0. The highest BCUT2D eigenvalue weighted by molar-refractivity contribution is 6.11. The van der Waals surface area contributed by atoms with Gasteiger partial charge in [-0.3, -0.25) is 0 Å². The number of unbranched alkanes of at least 4 members (excludes halogenated alkanes) is 6. The molecule has 2 nitrogen and oxygen atoms in total. The Bertz CT molecular complexity index is 1850. The topological polar surface area (TPSA) is 8.17 Å². The quantitative estimate of drug-likeness (QED) is 0.104. The number of rotatable bonds is 15. The molecule has 0 fully saturated rings. The third-order valence-corrected chi connectivity index (χ3v) is 9.75. The molecule has 47 heavy (non-hydrogen) atoms. The van der Waals surface area contributed by atoms with E-state index in [9.17, 15) is 0 Å². The van der Waals surface area contributed by atoms with Crippen molar-refractivity contribution >= 4 is 38.9 Å². The minimum Gasteiger partial charge on any atom is -0.310 e. The molecular formula is C45H52N2. The molecule has 0 radical (unpaired) electrons. The Hall–Kier alpha value is -4.30. The van der Waals surface area contributed by atoms with Crippen LogP contribution in [0.25, 0.3) is 27.5 Å². The maximum absolute atomic E-state index is 2.49. The average molecular weight is 621 g/mol. The van der Waals surface area contributed by atoms with E-state index in [2.05, 4.69) is 146 Å². The van der Waals surface area contributed by atoms with Crippen molar-refractivity contribution in [2.45, 2.75) is 98.3 Å². The average Bonchev–Trinajstić information content (AvgIpc) is 3.42. The number of anilines is 3. The van der Waals surface area contributed by atoms with Crippen molar-refractivity contribution in [2.75, 3.05) is 4.90 Å². The van der Waals surface area contributed by atoms with Gasteiger partial charge in [-0.2, -0.15) is 0 Å². The minimum atomic E-state index is 1.02. The van der Waals surface area contributed by atoms with E-state index in [1.54, 1.807) is 0 Å². The highest BCUT2D eigenvalue weighted by Gasteiger charge is 2.18. The largest absolute Gasteiger partial charge is 0.310 e. The summed E-state index contributed by atoms with van der Waals surface area (Å²) < 4.78 is 2.44. The molecule has 0 aliphatic heterocycles. The summed E-state index contributed by atoms with van der Waals surface area (Å²) in [4.78, 5) is 2.49. The number of benzene rings is 5. The van der Waals surface area contributed by atoms with Gasteiger partial charge in [-0.15, -0.1) is 0 Å². The molecule has 0 aliphatic rings. The predicted molar refractivity (Wildman–Crippen MR) is 205 cm³/mol. The molecule has 2 heteroatoms. The first-order valence-electron chi connectivity index (χ1n) is 18.2. The number of fused-ring (bicyclic) bond motifs is 3. The minimum absolute atomic E-state index is 1.02. The van der Waals surface area contributed by atoms with Crippen LogP contribution in [-0.2, 0) is 19.3 Å². The summed E-state index contributed by atoms with van der Waals surface area (Å²) in [7, 11) is 0. The fourth-order valence-electron chi connectivity index (χ4n) is 7.05. The van der Waals surface area contributed by atoms with Crippen LogP contribution in [0, 0.1) is 6.92 Å². The molecule has 6 rings (SSSR count). The van der Waals surface area contributed by atoms with Gasteiger partial charge in [0.05, 0.1) is 11.0 Å². The Balaban J connectivity index is 1.49. The van der Waals surface area contributed by atoms with Crippen molar-refractivity contribution in [3.05, 3.63) is 131 Å². The molecule has 0 bridgehead atoms. The summed E-state index contributed by atoms with van der Waals surface area (Å²) in [6, 6.07) is 41.6. The molecule has 6 aromatic rings. The van der Waals surface area contributed by atoms with Crippen LogP contribution in [0.3, 0.4) is 0 Å². The number of hydrogen-bond acceptors (Lipinski definition) is 1. The Morgan fingerprint density at radius 2 is 1.04 bits per heavy atom. The van der Waals surface area contributed by atoms with Crippen LogP contribution >= 0.6 is 0 Å². The van der Waals surface area contributed by atoms with Crippen molar-refractivity contribution in [1.82, 2.24) is 4.57 Å². The predicted octanol–water partition coefficient (Wildman–Crippen LogP) is 13.4. The fraction of sp³-hybridized carbons (Fsp3) is 0.333. The Morgan fingerprint density at radius 1 is 0.489 bits per heavy atom. The van der Waals surface area contributed by atoms with Gasteiger partial charge in [0.1, 0.15) is 0 Å². The van der Waals surface area contributed by atoms with E-state index in [0.717, 1.165) is 19.3 Å². The SMILES string of the molecule is CCCCCCc1cccc(N(c2cccc(CCCCCC)c2)c2ccc3c(c2)c2cc(CC)ccc2n3-c2ccc(C)cc2)c1. The van der Waals surface area contributed by atoms with Gasteiger partial charge in [0.15, 0.2) is 0 Å². The second kappa shape index (κ2) is 15.5. The Labute approximate surface area is 283 Å². The van der Waals surface area contributed by atoms with Gasteiger partial charge in [0, 0.05) is 33.5 Å². The highest BCUT2D eigenvalue weighted by Crippen LogP contribution is 2.40. The lowest BCUT2D eigenvalue weighted by Gasteiger charge is -2.27. The third kappa shape index (κ3) is 7.49. The number of aryl methyl sites for hydroxylation is 4. The molecule has 0 N–H and O–H groups in total. The van der Waals surface area contributed by atoms with Crippen LogP contribution in [-0.4, -0.2) is 4.57 Å². The second-order valence-electron chi connectivity index (χ2n) is 13.4. The molecule has 1 heterocycles. The van der Waals surface area contributed by atoms with Gasteiger partial charge in [-0.1, -0.05) is 107 Å². The van der Waals surface area contributed by atoms with E-state index >= 15 is 0 Å². The zero-order chi connectivity index (χ0) is 32.6. The lowest BCUT2D eigenvalue weighted by Crippen LogP contribution is -2.11. The van der Waals surface area contributed by atoms with Crippen LogP contribution in [0.15, 0.2) is 109 Å². The van der Waals surface area contributed by atoms with Crippen molar-refractivity contribution in [2.24, 2.45) is 0 Å². The molecule has 0 saturated carbocycles. The molecule has 242 valence electrons. The summed E-state index contributed by atoms with van der Waals surface area (Å²) in [6.45, 7) is 8.98. The van der Waals surface area contributed by atoms with Gasteiger partial charge < -0.3 is 9.47 Å². The molecular weight excluding hydrogens is 569 g/mol. The molecule has 1 aromatic heterocycles. The van der Waals surface area contributed by atoms with Crippen LogP contribution in [0.2, 0.25) is 0 Å². The Kier molecular flexibility index (Phi) is 10.8. The summed E-state index contributed by atoms with van der Waals surface area (Å²) in [5.74, 6) is 0. The van der Waals surface area contributed by atoms with Crippen molar-refractivity contribution in [3.8, 4) is 5.69 Å². The number of aromatic nitrogens is 1. The van der Waals surface area contributed by atoms with E-state index in [1.807, 2.05) is 0 Å². The first kappa shape index (κ1) is 32.6. The van der Waals surface area contributed by atoms with Gasteiger partial charge in [0.25, 0.3) is 0 Å². The molecule has 0 amide bonds. The van der Waals surface area contributed by atoms with Crippen LogP contribution < -0.4 is 4.90 Å². The molecule has 0 saturated heterocycles. The van der Waals surface area contributed by atoms with Gasteiger partial charge in [0.2, 0.25) is 0 Å². The second-order valence-corrected chi connectivity index (χ2v) is 13.4. The number of nitrogens with zero attached hydrogens (tertiary/aromatic N) is 2. The van der Waals surface area contributed by atoms with Crippen LogP contribution in [0.1, 0.15) is 94.4 Å². The number of hydrogen-bond donors (Lipinski definition) is 0. The maximum Gasteiger partial charge on any atom is 0.0542 e. The standard InChI is InChI=1S/C45H52N2/c1-5-8-10-12-16-36-18-14-20-39(30-36)46(40-21-15-19-37(31-40)17-13-11-9-6-2)41-27-29-45-43(33-41)42-32-35(7-3)24-28-44(42)47(45)38-25-22-34(4)23-26-38/h14-15,18-33H,5-13,16-17H2,1-4H3. The summed E-state index contributed by atoms with van der Waals surface area (Å²) in [5.41, 5.74) is 12.9. The van der Waals surface area contributed by atoms with Crippen molar-refractivity contribution in [3.63, 3.8) is 0 Å². The molecule has 0 aliphatic carbocycles. The fourth-order valence-corrected chi connectivity index (χ4v) is 7.05. The summed E-state index contributed by atoms with van der Waals surface area (Å²) >= 11 is 0. The highest BCUT2D eigenvalue weighted by atomic mass is 15.1. The van der Waals surface area contributed by atoms with Crippen LogP contribution in [0.4, 0.5) is 17.1 Å². The lowest BCUT2D eigenvalue weighted by molar-refractivity contribution is 0.667. The van der Waals surface area contributed by atoms with Crippen molar-refractivity contribution in [1.29, 1.82) is 0 Å². The summed E-state index contributed by atoms with van der Waals surface area (Å²) in [5, 5.41) is 2.61. The normalized spacial score (nSPS) is 11.5. The maximum atomic E-state index is 2.49. The molecule has 0 spiro atoms. The van der Waals surface area contributed by atoms with E-state index < -0.39 is 0 Å². The zero-order valence-corrected chi connectivity index (χ0v) is 29.1. The van der Waals surface area contributed by atoms with E-state index in [4.69, 9.17) is 0 Å². The third-order valence-electron chi connectivity index (χ3n) is 9.75. The summed E-state index contributed by atoms with van der Waals surface area (Å²) in [6.07, 6.45) is 13.5. The molecule has 0 atom stereocenters. The first-order chi connectivity index (χ1) is 23.1. The van der Waals surface area contributed by atoms with E-state index in [0.29, 0.717) is 0 Å². The van der Waals surface area contributed by atoms with Gasteiger partial charge in [-0.05, 0) is 122 Å². The van der Waals surface area contributed by atoms with Crippen LogP contribution in [0.5, 0.6) is 0 Å². The molecule has 0 unspecified atom stereocenters. The van der Waals surface area contributed by atoms with E-state index in [-0.39, 0.29) is 0 Å². The van der Waals surface area contributed by atoms with Gasteiger partial charge >= 0.3 is 0 Å².